The number of piperidine rings is 1. The van der Waals surface area contributed by atoms with Gasteiger partial charge in [0.25, 0.3) is 0 Å². The Morgan fingerprint density at radius 1 is 1.48 bits per heavy atom. The molecule has 1 aromatic carbocycles. The zero-order valence-corrected chi connectivity index (χ0v) is 13.8. The average molecular weight is 323 g/mol. The van der Waals surface area contributed by atoms with E-state index in [2.05, 4.69) is 22.1 Å². The van der Waals surface area contributed by atoms with Crippen molar-refractivity contribution in [2.24, 2.45) is 10.9 Å². The highest BCUT2D eigenvalue weighted by Crippen LogP contribution is 2.38. The zero-order chi connectivity index (χ0) is 15.2. The summed E-state index contributed by atoms with van der Waals surface area (Å²) in [5.74, 6) is 0.762. The summed E-state index contributed by atoms with van der Waals surface area (Å²) < 4.78 is 0. The molecule has 0 radical (unpaired) electrons. The molecule has 0 unspecified atom stereocenters. The van der Waals surface area contributed by atoms with Gasteiger partial charge in [-0.1, -0.05) is 36.4 Å². The largest absolute Gasteiger partial charge is 0.369 e. The van der Waals surface area contributed by atoms with Gasteiger partial charge in [-0.3, -0.25) is 5.32 Å². The van der Waals surface area contributed by atoms with E-state index in [1.54, 1.807) is 0 Å². The predicted molar refractivity (Wildman–Crippen MR) is 91.4 cm³/mol. The quantitative estimate of drug-likeness (QED) is 0.387. The van der Waals surface area contributed by atoms with Gasteiger partial charge in [0.2, 0.25) is 0 Å². The minimum absolute atomic E-state index is 0.575. The van der Waals surface area contributed by atoms with Crippen LogP contribution in [0.15, 0.2) is 23.2 Å². The second-order valence-corrected chi connectivity index (χ2v) is 6.34. The number of nitrogens with zero attached hydrogens (tertiary/aromatic N) is 3. The fraction of sp³-hybridized carbons (Fsp3) is 0.467. The SMILES string of the molecule is CSC(=Nc1cccc(Cl)c1N1CCC(C)CC1)NC#N. The number of anilines is 1. The predicted octanol–water partition coefficient (Wildman–Crippen LogP) is 4.00. The number of benzene rings is 1. The van der Waals surface area contributed by atoms with Gasteiger partial charge in [0.05, 0.1) is 16.4 Å². The number of hydrogen-bond acceptors (Lipinski definition) is 4. The first-order valence-corrected chi connectivity index (χ1v) is 8.57. The molecular weight excluding hydrogens is 304 g/mol. The maximum atomic E-state index is 8.76. The summed E-state index contributed by atoms with van der Waals surface area (Å²) in [6.07, 6.45) is 6.13. The molecule has 21 heavy (non-hydrogen) atoms. The molecular formula is C15H19ClN4S. The van der Waals surface area contributed by atoms with E-state index >= 15 is 0 Å². The van der Waals surface area contributed by atoms with E-state index in [4.69, 9.17) is 16.9 Å². The van der Waals surface area contributed by atoms with Crippen LogP contribution in [-0.2, 0) is 0 Å². The molecule has 1 aromatic rings. The molecule has 0 bridgehead atoms. The van der Waals surface area contributed by atoms with Crippen LogP contribution < -0.4 is 10.2 Å². The van der Waals surface area contributed by atoms with Crippen molar-refractivity contribution in [3.05, 3.63) is 23.2 Å². The van der Waals surface area contributed by atoms with E-state index in [9.17, 15) is 0 Å². The van der Waals surface area contributed by atoms with Gasteiger partial charge >= 0.3 is 0 Å². The van der Waals surface area contributed by atoms with E-state index in [0.717, 1.165) is 30.4 Å². The van der Waals surface area contributed by atoms with Crippen LogP contribution in [0.1, 0.15) is 19.8 Å². The molecule has 1 aliphatic heterocycles. The average Bonchev–Trinajstić information content (AvgIpc) is 2.48. The van der Waals surface area contributed by atoms with Gasteiger partial charge in [-0.05, 0) is 37.1 Å². The highest BCUT2D eigenvalue weighted by atomic mass is 35.5. The van der Waals surface area contributed by atoms with Gasteiger partial charge in [-0.15, -0.1) is 0 Å². The van der Waals surface area contributed by atoms with Gasteiger partial charge in [0.15, 0.2) is 11.4 Å². The summed E-state index contributed by atoms with van der Waals surface area (Å²) in [4.78, 5) is 6.84. The van der Waals surface area contributed by atoms with Crippen molar-refractivity contribution in [1.82, 2.24) is 5.32 Å². The maximum absolute atomic E-state index is 8.76. The third-order valence-electron chi connectivity index (χ3n) is 3.64. The first kappa shape index (κ1) is 16.0. The smallest absolute Gasteiger partial charge is 0.183 e. The minimum atomic E-state index is 0.575. The van der Waals surface area contributed by atoms with Crippen molar-refractivity contribution in [2.75, 3.05) is 24.2 Å². The Morgan fingerprint density at radius 2 is 2.19 bits per heavy atom. The number of aliphatic imine (C=N–C) groups is 1. The first-order chi connectivity index (χ1) is 10.2. The van der Waals surface area contributed by atoms with E-state index in [1.807, 2.05) is 30.6 Å². The molecule has 1 aliphatic rings. The number of para-hydroxylation sites is 1. The molecule has 0 aliphatic carbocycles. The van der Waals surface area contributed by atoms with E-state index in [0.29, 0.717) is 10.2 Å². The lowest BCUT2D eigenvalue weighted by Crippen LogP contribution is -2.33. The van der Waals surface area contributed by atoms with Crippen LogP contribution in [0.25, 0.3) is 0 Å². The Morgan fingerprint density at radius 3 is 2.81 bits per heavy atom. The minimum Gasteiger partial charge on any atom is -0.369 e. The summed E-state index contributed by atoms with van der Waals surface area (Å²) in [6.45, 7) is 4.27. The molecule has 0 aromatic heterocycles. The molecule has 6 heteroatoms. The van der Waals surface area contributed by atoms with Crippen LogP contribution in [0, 0.1) is 17.4 Å². The highest BCUT2D eigenvalue weighted by molar-refractivity contribution is 8.13. The number of amidine groups is 1. The van der Waals surface area contributed by atoms with Gasteiger partial charge < -0.3 is 4.90 Å². The lowest BCUT2D eigenvalue weighted by atomic mass is 9.98. The molecule has 112 valence electrons. The molecule has 1 fully saturated rings. The van der Waals surface area contributed by atoms with Gasteiger partial charge in [-0.2, -0.15) is 5.26 Å². The monoisotopic (exact) mass is 322 g/mol. The standard InChI is InChI=1S/C15H19ClN4S/c1-11-6-8-20(9-7-11)14-12(16)4-3-5-13(14)19-15(21-2)18-10-17/h3-5,11H,6-9H2,1-2H3,(H,18,19). The van der Waals surface area contributed by atoms with Gasteiger partial charge in [0.1, 0.15) is 0 Å². The molecule has 2 rings (SSSR count). The Balaban J connectivity index is 2.34. The highest BCUT2D eigenvalue weighted by Gasteiger charge is 2.20. The number of nitrogens with one attached hydrogen (secondary N) is 1. The number of halogens is 1. The fourth-order valence-corrected chi connectivity index (χ4v) is 3.05. The summed E-state index contributed by atoms with van der Waals surface area (Å²) in [7, 11) is 0. The van der Waals surface area contributed by atoms with Crippen molar-refractivity contribution < 1.29 is 0 Å². The van der Waals surface area contributed by atoms with Crippen molar-refractivity contribution in [3.63, 3.8) is 0 Å². The number of thioether (sulfide) groups is 1. The Labute approximate surface area is 135 Å². The summed E-state index contributed by atoms with van der Waals surface area (Å²) in [5, 5.41) is 12.6. The lowest BCUT2D eigenvalue weighted by molar-refractivity contribution is 0.438. The van der Waals surface area contributed by atoms with Crippen LogP contribution in [0.5, 0.6) is 0 Å². The van der Waals surface area contributed by atoms with Gasteiger partial charge in [0, 0.05) is 13.1 Å². The summed E-state index contributed by atoms with van der Waals surface area (Å²) in [6, 6.07) is 5.72. The van der Waals surface area contributed by atoms with Crippen molar-refractivity contribution in [3.8, 4) is 6.19 Å². The molecule has 0 amide bonds. The zero-order valence-electron chi connectivity index (χ0n) is 12.3. The molecule has 0 atom stereocenters. The van der Waals surface area contributed by atoms with Crippen LogP contribution in [-0.4, -0.2) is 24.5 Å². The molecule has 4 nitrogen and oxygen atoms in total. The summed E-state index contributed by atoms with van der Waals surface area (Å²) in [5.41, 5.74) is 1.78. The van der Waals surface area contributed by atoms with Crippen molar-refractivity contribution in [2.45, 2.75) is 19.8 Å². The molecule has 0 saturated carbocycles. The molecule has 0 spiro atoms. The number of rotatable bonds is 2. The fourth-order valence-electron chi connectivity index (χ4n) is 2.42. The second kappa shape index (κ2) is 7.58. The van der Waals surface area contributed by atoms with Crippen LogP contribution >= 0.6 is 23.4 Å². The third kappa shape index (κ3) is 4.05. The van der Waals surface area contributed by atoms with Crippen LogP contribution in [0.2, 0.25) is 5.02 Å². The number of hydrogen-bond donors (Lipinski definition) is 1. The van der Waals surface area contributed by atoms with E-state index < -0.39 is 0 Å². The Kier molecular flexibility index (Phi) is 5.77. The normalized spacial score (nSPS) is 16.7. The van der Waals surface area contributed by atoms with Crippen molar-refractivity contribution in [1.29, 1.82) is 5.26 Å². The Hall–Kier alpha value is -1.38. The Bertz CT molecular complexity index is 559. The molecule has 1 saturated heterocycles. The molecule has 1 N–H and O–H groups in total. The van der Waals surface area contributed by atoms with Crippen LogP contribution in [0.4, 0.5) is 11.4 Å². The summed E-state index contributed by atoms with van der Waals surface area (Å²) >= 11 is 7.81. The van der Waals surface area contributed by atoms with Crippen LogP contribution in [0.3, 0.4) is 0 Å². The van der Waals surface area contributed by atoms with E-state index in [1.165, 1.54) is 24.6 Å². The van der Waals surface area contributed by atoms with Gasteiger partial charge in [-0.25, -0.2) is 4.99 Å². The number of nitriles is 1. The first-order valence-electron chi connectivity index (χ1n) is 6.97. The topological polar surface area (TPSA) is 51.4 Å². The van der Waals surface area contributed by atoms with Crippen molar-refractivity contribution >= 4 is 39.9 Å². The second-order valence-electron chi connectivity index (χ2n) is 5.14. The van der Waals surface area contributed by atoms with E-state index in [-0.39, 0.29) is 0 Å². The lowest BCUT2D eigenvalue weighted by Gasteiger charge is -2.33. The maximum Gasteiger partial charge on any atom is 0.183 e. The molecule has 1 heterocycles. The third-order valence-corrected chi connectivity index (χ3v) is 4.53.